The van der Waals surface area contributed by atoms with Gasteiger partial charge >= 0.3 is 0 Å². The monoisotopic (exact) mass is 291 g/mol. The highest BCUT2D eigenvalue weighted by atomic mass is 32.2. The fraction of sp³-hybridized carbons (Fsp3) is 0.909. The lowest BCUT2D eigenvalue weighted by Gasteiger charge is -2.40. The summed E-state index contributed by atoms with van der Waals surface area (Å²) < 4.78 is 28.6. The molecule has 1 fully saturated rings. The predicted octanol–water partition coefficient (Wildman–Crippen LogP) is -0.437. The number of piperidine rings is 1. The van der Waals surface area contributed by atoms with Gasteiger partial charge in [0, 0.05) is 26.2 Å². The first-order valence-corrected chi connectivity index (χ1v) is 8.03. The van der Waals surface area contributed by atoms with Crippen molar-refractivity contribution < 1.29 is 8.42 Å². The van der Waals surface area contributed by atoms with Crippen molar-refractivity contribution in [1.29, 1.82) is 5.41 Å². The van der Waals surface area contributed by atoms with Crippen molar-refractivity contribution in [3.05, 3.63) is 0 Å². The molecule has 0 spiro atoms. The Bertz CT molecular complexity index is 411. The van der Waals surface area contributed by atoms with Crippen molar-refractivity contribution in [3.63, 3.8) is 0 Å². The van der Waals surface area contributed by atoms with Crippen molar-refractivity contribution in [2.45, 2.75) is 32.2 Å². The van der Waals surface area contributed by atoms with Gasteiger partial charge < -0.3 is 10.6 Å². The molecule has 1 heterocycles. The van der Waals surface area contributed by atoms with Crippen LogP contribution in [0.15, 0.2) is 0 Å². The average Bonchev–Trinajstić information content (AvgIpc) is 2.33. The normalized spacial score (nSPS) is 20.6. The smallest absolute Gasteiger partial charge is 0.280 e. The van der Waals surface area contributed by atoms with Gasteiger partial charge in [-0.3, -0.25) is 5.41 Å². The molecule has 1 rings (SSSR count). The van der Waals surface area contributed by atoms with Crippen LogP contribution in [0.3, 0.4) is 0 Å². The Balaban J connectivity index is 2.94. The standard InChI is InChI=1S/C11H25N5O2S/c1-4-16(5-2)19(17,18)14-11(10(12)13)6-8-15(3)9-7-11/h14H,4-9H2,1-3H3,(H3,12,13). The molecule has 1 aliphatic rings. The molecule has 0 aromatic carbocycles. The van der Waals surface area contributed by atoms with Crippen LogP contribution in [-0.4, -0.2) is 62.2 Å². The summed E-state index contributed by atoms with van der Waals surface area (Å²) in [6.45, 7) is 5.83. The minimum atomic E-state index is -3.60. The van der Waals surface area contributed by atoms with E-state index in [1.165, 1.54) is 4.31 Å². The van der Waals surface area contributed by atoms with Crippen LogP contribution in [-0.2, 0) is 10.2 Å². The van der Waals surface area contributed by atoms with E-state index in [4.69, 9.17) is 11.1 Å². The second kappa shape index (κ2) is 6.17. The summed E-state index contributed by atoms with van der Waals surface area (Å²) >= 11 is 0. The number of nitrogens with zero attached hydrogens (tertiary/aromatic N) is 2. The van der Waals surface area contributed by atoms with Crippen molar-refractivity contribution in [2.24, 2.45) is 5.73 Å². The first kappa shape index (κ1) is 16.4. The van der Waals surface area contributed by atoms with Gasteiger partial charge in [-0.15, -0.1) is 0 Å². The molecular formula is C11H25N5O2S. The van der Waals surface area contributed by atoms with E-state index in [1.54, 1.807) is 13.8 Å². The van der Waals surface area contributed by atoms with E-state index in [-0.39, 0.29) is 5.84 Å². The largest absolute Gasteiger partial charge is 0.386 e. The zero-order chi connectivity index (χ0) is 14.7. The molecule has 8 heteroatoms. The summed E-state index contributed by atoms with van der Waals surface area (Å²) in [5.41, 5.74) is 4.72. The topological polar surface area (TPSA) is 103 Å². The van der Waals surface area contributed by atoms with E-state index in [9.17, 15) is 8.42 Å². The minimum absolute atomic E-state index is 0.101. The molecule has 0 aromatic rings. The Hall–Kier alpha value is -0.700. The Kier molecular flexibility index (Phi) is 5.31. The van der Waals surface area contributed by atoms with Gasteiger partial charge in [-0.1, -0.05) is 13.8 Å². The third-order valence-corrected chi connectivity index (χ3v) is 5.57. The predicted molar refractivity (Wildman–Crippen MR) is 76.4 cm³/mol. The minimum Gasteiger partial charge on any atom is -0.386 e. The molecular weight excluding hydrogens is 266 g/mol. The van der Waals surface area contributed by atoms with Crippen LogP contribution < -0.4 is 10.5 Å². The van der Waals surface area contributed by atoms with Crippen molar-refractivity contribution in [1.82, 2.24) is 13.9 Å². The van der Waals surface area contributed by atoms with E-state index >= 15 is 0 Å². The second-order valence-corrected chi connectivity index (χ2v) is 6.66. The molecule has 0 saturated carbocycles. The number of hydrogen-bond donors (Lipinski definition) is 3. The summed E-state index contributed by atoms with van der Waals surface area (Å²) in [5, 5.41) is 7.75. The Morgan fingerprint density at radius 3 is 2.21 bits per heavy atom. The molecule has 0 bridgehead atoms. The molecule has 1 saturated heterocycles. The van der Waals surface area contributed by atoms with Crippen molar-refractivity contribution in [2.75, 3.05) is 33.2 Å². The summed E-state index contributed by atoms with van der Waals surface area (Å²) in [7, 11) is -1.62. The summed E-state index contributed by atoms with van der Waals surface area (Å²) in [4.78, 5) is 2.10. The fourth-order valence-corrected chi connectivity index (χ4v) is 3.92. The van der Waals surface area contributed by atoms with E-state index in [1.807, 2.05) is 7.05 Å². The van der Waals surface area contributed by atoms with Crippen LogP contribution in [0.1, 0.15) is 26.7 Å². The number of likely N-dealkylation sites (tertiary alicyclic amines) is 1. The van der Waals surface area contributed by atoms with Gasteiger partial charge in [0.15, 0.2) is 0 Å². The number of nitrogens with one attached hydrogen (secondary N) is 2. The highest BCUT2D eigenvalue weighted by molar-refractivity contribution is 7.87. The van der Waals surface area contributed by atoms with Crippen LogP contribution in [0.2, 0.25) is 0 Å². The van der Waals surface area contributed by atoms with Crippen LogP contribution in [0, 0.1) is 5.41 Å². The molecule has 7 nitrogen and oxygen atoms in total. The first-order valence-electron chi connectivity index (χ1n) is 6.59. The maximum absolute atomic E-state index is 12.3. The molecule has 19 heavy (non-hydrogen) atoms. The van der Waals surface area contributed by atoms with E-state index in [0.717, 1.165) is 13.1 Å². The lowest BCUT2D eigenvalue weighted by molar-refractivity contribution is 0.216. The molecule has 1 aliphatic heterocycles. The zero-order valence-corrected chi connectivity index (χ0v) is 12.8. The van der Waals surface area contributed by atoms with Crippen LogP contribution in [0.25, 0.3) is 0 Å². The van der Waals surface area contributed by atoms with Gasteiger partial charge in [-0.25, -0.2) is 0 Å². The van der Waals surface area contributed by atoms with E-state index < -0.39 is 15.7 Å². The maximum Gasteiger partial charge on any atom is 0.280 e. The van der Waals surface area contributed by atoms with Gasteiger partial charge in [0.2, 0.25) is 0 Å². The van der Waals surface area contributed by atoms with Gasteiger partial charge in [0.25, 0.3) is 10.2 Å². The molecule has 0 radical (unpaired) electrons. The number of rotatable bonds is 6. The Morgan fingerprint density at radius 1 is 1.37 bits per heavy atom. The quantitative estimate of drug-likeness (QED) is 0.456. The highest BCUT2D eigenvalue weighted by Gasteiger charge is 2.41. The van der Waals surface area contributed by atoms with Crippen LogP contribution >= 0.6 is 0 Å². The van der Waals surface area contributed by atoms with Gasteiger partial charge in [0.1, 0.15) is 5.84 Å². The summed E-state index contributed by atoms with van der Waals surface area (Å²) in [6.07, 6.45) is 1.05. The fourth-order valence-electron chi connectivity index (χ4n) is 2.30. The van der Waals surface area contributed by atoms with Crippen molar-refractivity contribution in [3.8, 4) is 0 Å². The van der Waals surface area contributed by atoms with Crippen LogP contribution in [0.5, 0.6) is 0 Å². The van der Waals surface area contributed by atoms with Crippen molar-refractivity contribution >= 4 is 16.0 Å². The number of amidine groups is 1. The molecule has 0 amide bonds. The maximum atomic E-state index is 12.3. The molecule has 112 valence electrons. The third kappa shape index (κ3) is 3.65. The molecule has 0 aliphatic carbocycles. The third-order valence-electron chi connectivity index (χ3n) is 3.73. The summed E-state index contributed by atoms with van der Waals surface area (Å²) in [5.74, 6) is -0.101. The van der Waals surface area contributed by atoms with Gasteiger partial charge in [0.05, 0.1) is 5.54 Å². The average molecular weight is 291 g/mol. The van der Waals surface area contributed by atoms with E-state index in [2.05, 4.69) is 9.62 Å². The lowest BCUT2D eigenvalue weighted by Crippen LogP contribution is -2.63. The van der Waals surface area contributed by atoms with Crippen LogP contribution in [0.4, 0.5) is 0 Å². The first-order chi connectivity index (χ1) is 8.77. The second-order valence-electron chi connectivity index (χ2n) is 4.99. The molecule has 0 unspecified atom stereocenters. The SMILES string of the molecule is CCN(CC)S(=O)(=O)NC1(C(=N)N)CCN(C)CC1. The zero-order valence-electron chi connectivity index (χ0n) is 11.9. The Morgan fingerprint density at radius 2 is 1.84 bits per heavy atom. The van der Waals surface area contributed by atoms with E-state index in [0.29, 0.717) is 25.9 Å². The van der Waals surface area contributed by atoms with Gasteiger partial charge in [-0.2, -0.15) is 17.4 Å². The van der Waals surface area contributed by atoms with Gasteiger partial charge in [-0.05, 0) is 19.9 Å². The Labute approximate surface area is 115 Å². The molecule has 4 N–H and O–H groups in total. The summed E-state index contributed by atoms with van der Waals surface area (Å²) in [6, 6.07) is 0. The highest BCUT2D eigenvalue weighted by Crippen LogP contribution is 2.23. The number of nitrogens with two attached hydrogens (primary N) is 1. The molecule has 0 aromatic heterocycles. The lowest BCUT2D eigenvalue weighted by atomic mass is 9.88. The number of hydrogen-bond acceptors (Lipinski definition) is 4. The molecule has 0 atom stereocenters.